The van der Waals surface area contributed by atoms with Crippen molar-refractivity contribution >= 4 is 21.8 Å². The molecule has 0 aliphatic rings. The molecule has 0 amide bonds. The maximum absolute atomic E-state index is 11.6. The van der Waals surface area contributed by atoms with Crippen LogP contribution >= 0.6 is 11.6 Å². The number of ether oxygens (including phenoxy) is 1. The van der Waals surface area contributed by atoms with Crippen LogP contribution in [0.4, 0.5) is 0 Å². The van der Waals surface area contributed by atoms with Crippen molar-refractivity contribution in [3.8, 4) is 5.75 Å². The molecule has 0 bridgehead atoms. The van der Waals surface area contributed by atoms with Crippen molar-refractivity contribution in [1.82, 2.24) is 9.03 Å². The van der Waals surface area contributed by atoms with Gasteiger partial charge in [-0.1, -0.05) is 11.6 Å². The predicted octanol–water partition coefficient (Wildman–Crippen LogP) is 1.55. The Labute approximate surface area is 113 Å². The first-order valence-electron chi connectivity index (χ1n) is 5.28. The molecule has 1 aromatic carbocycles. The molecule has 1 rings (SSSR count). The summed E-state index contributed by atoms with van der Waals surface area (Å²) < 4.78 is 31.8. The minimum Gasteiger partial charge on any atom is -0.495 e. The van der Waals surface area contributed by atoms with Gasteiger partial charge in [0.15, 0.2) is 0 Å². The second kappa shape index (κ2) is 5.88. The fraction of sp³-hybridized carbons (Fsp3) is 0.455. The molecule has 0 fully saturated rings. The zero-order valence-electron chi connectivity index (χ0n) is 10.8. The Bertz CT molecular complexity index is 529. The van der Waals surface area contributed by atoms with Gasteiger partial charge in [0, 0.05) is 20.6 Å². The molecule has 0 atom stereocenters. The summed E-state index contributed by atoms with van der Waals surface area (Å²) >= 11 is 6.00. The average molecular weight is 293 g/mol. The molecule has 0 radical (unpaired) electrons. The van der Waals surface area contributed by atoms with E-state index >= 15 is 0 Å². The molecule has 0 saturated carbocycles. The predicted molar refractivity (Wildman–Crippen MR) is 72.2 cm³/mol. The van der Waals surface area contributed by atoms with Gasteiger partial charge < -0.3 is 4.74 Å². The summed E-state index contributed by atoms with van der Waals surface area (Å²) in [5, 5.41) is 0.460. The molecule has 7 heteroatoms. The van der Waals surface area contributed by atoms with E-state index in [1.807, 2.05) is 6.92 Å². The van der Waals surface area contributed by atoms with Crippen LogP contribution in [0.5, 0.6) is 5.75 Å². The normalized spacial score (nSPS) is 11.9. The Hall–Kier alpha value is -0.820. The summed E-state index contributed by atoms with van der Waals surface area (Å²) in [5.74, 6) is 0.577. The Kier molecular flexibility index (Phi) is 4.98. The van der Waals surface area contributed by atoms with Crippen LogP contribution < -0.4 is 9.46 Å². The summed E-state index contributed by atoms with van der Waals surface area (Å²) in [6, 6.07) is 3.48. The molecule has 102 valence electrons. The molecular formula is C11H17ClN2O3S. The second-order valence-corrected chi connectivity index (χ2v) is 6.40. The molecule has 5 nitrogen and oxygen atoms in total. The molecule has 0 unspecified atom stereocenters. The highest BCUT2D eigenvalue weighted by Gasteiger charge is 2.14. The lowest BCUT2D eigenvalue weighted by atomic mass is 10.1. The molecule has 1 N–H and O–H groups in total. The van der Waals surface area contributed by atoms with E-state index in [4.69, 9.17) is 16.3 Å². The summed E-state index contributed by atoms with van der Waals surface area (Å²) in [6.07, 6.45) is 0. The molecule has 0 saturated heterocycles. The lowest BCUT2D eigenvalue weighted by Gasteiger charge is -2.14. The van der Waals surface area contributed by atoms with Gasteiger partial charge in [-0.05, 0) is 30.2 Å². The van der Waals surface area contributed by atoms with E-state index < -0.39 is 10.2 Å². The minimum atomic E-state index is -3.43. The SMILES string of the molecule is COc1cc(C)c(CNS(=O)(=O)N(C)C)cc1Cl. The minimum absolute atomic E-state index is 0.191. The van der Waals surface area contributed by atoms with Gasteiger partial charge in [-0.3, -0.25) is 0 Å². The van der Waals surface area contributed by atoms with E-state index in [1.54, 1.807) is 12.1 Å². The van der Waals surface area contributed by atoms with Crippen molar-refractivity contribution in [2.24, 2.45) is 0 Å². The molecule has 0 aromatic heterocycles. The lowest BCUT2D eigenvalue weighted by Crippen LogP contribution is -2.35. The Morgan fingerprint density at radius 2 is 2.00 bits per heavy atom. The van der Waals surface area contributed by atoms with Gasteiger partial charge in [0.25, 0.3) is 10.2 Å². The number of methoxy groups -OCH3 is 1. The summed E-state index contributed by atoms with van der Waals surface area (Å²) in [5.41, 5.74) is 1.73. The number of nitrogens with zero attached hydrogens (tertiary/aromatic N) is 1. The number of nitrogens with one attached hydrogen (secondary N) is 1. The number of hydrogen-bond acceptors (Lipinski definition) is 3. The molecule has 0 spiro atoms. The lowest BCUT2D eigenvalue weighted by molar-refractivity contribution is 0.414. The third-order valence-electron chi connectivity index (χ3n) is 2.54. The first kappa shape index (κ1) is 15.2. The standard InChI is InChI=1S/C11H17ClN2O3S/c1-8-5-11(17-4)10(12)6-9(8)7-13-18(15,16)14(2)3/h5-6,13H,7H2,1-4H3. The fourth-order valence-corrected chi connectivity index (χ4v) is 2.20. The first-order chi connectivity index (χ1) is 8.27. The number of benzene rings is 1. The van der Waals surface area contributed by atoms with Crippen LogP contribution in [-0.4, -0.2) is 33.9 Å². The Morgan fingerprint density at radius 3 is 2.50 bits per heavy atom. The van der Waals surface area contributed by atoms with Gasteiger partial charge in [0.05, 0.1) is 12.1 Å². The van der Waals surface area contributed by atoms with Gasteiger partial charge in [-0.2, -0.15) is 17.4 Å². The van der Waals surface area contributed by atoms with Crippen LogP contribution in [0.3, 0.4) is 0 Å². The highest BCUT2D eigenvalue weighted by Crippen LogP contribution is 2.27. The zero-order valence-corrected chi connectivity index (χ0v) is 12.4. The van der Waals surface area contributed by atoms with Crippen molar-refractivity contribution in [2.45, 2.75) is 13.5 Å². The van der Waals surface area contributed by atoms with Gasteiger partial charge in [-0.25, -0.2) is 0 Å². The van der Waals surface area contributed by atoms with E-state index in [2.05, 4.69) is 4.72 Å². The number of aryl methyl sites for hydroxylation is 1. The monoisotopic (exact) mass is 292 g/mol. The number of rotatable bonds is 5. The fourth-order valence-electron chi connectivity index (χ4n) is 1.34. The summed E-state index contributed by atoms with van der Waals surface area (Å²) in [4.78, 5) is 0. The smallest absolute Gasteiger partial charge is 0.279 e. The van der Waals surface area contributed by atoms with Crippen LogP contribution in [0.25, 0.3) is 0 Å². The molecular weight excluding hydrogens is 276 g/mol. The molecule has 0 aliphatic heterocycles. The zero-order chi connectivity index (χ0) is 13.9. The molecule has 0 aliphatic carbocycles. The largest absolute Gasteiger partial charge is 0.495 e. The van der Waals surface area contributed by atoms with E-state index in [0.717, 1.165) is 15.4 Å². The van der Waals surface area contributed by atoms with Gasteiger partial charge in [-0.15, -0.1) is 0 Å². The van der Waals surface area contributed by atoms with Crippen LogP contribution in [0.2, 0.25) is 5.02 Å². The molecule has 18 heavy (non-hydrogen) atoms. The maximum atomic E-state index is 11.6. The van der Waals surface area contributed by atoms with Crippen LogP contribution in [0.15, 0.2) is 12.1 Å². The third kappa shape index (κ3) is 3.58. The van der Waals surface area contributed by atoms with Crippen molar-refractivity contribution in [2.75, 3.05) is 21.2 Å². The Morgan fingerprint density at radius 1 is 1.39 bits per heavy atom. The Balaban J connectivity index is 2.90. The quantitative estimate of drug-likeness (QED) is 0.896. The highest BCUT2D eigenvalue weighted by molar-refractivity contribution is 7.87. The number of halogens is 1. The summed E-state index contributed by atoms with van der Waals surface area (Å²) in [6.45, 7) is 2.06. The average Bonchev–Trinajstić information content (AvgIpc) is 2.29. The van der Waals surface area contributed by atoms with Gasteiger partial charge in [0.1, 0.15) is 5.75 Å². The highest BCUT2D eigenvalue weighted by atomic mass is 35.5. The third-order valence-corrected chi connectivity index (χ3v) is 4.30. The van der Waals surface area contributed by atoms with Crippen LogP contribution in [-0.2, 0) is 16.8 Å². The van der Waals surface area contributed by atoms with E-state index in [-0.39, 0.29) is 6.54 Å². The van der Waals surface area contributed by atoms with Crippen molar-refractivity contribution in [3.05, 3.63) is 28.3 Å². The van der Waals surface area contributed by atoms with E-state index in [1.165, 1.54) is 21.2 Å². The van der Waals surface area contributed by atoms with E-state index in [0.29, 0.717) is 10.8 Å². The van der Waals surface area contributed by atoms with Crippen molar-refractivity contribution in [3.63, 3.8) is 0 Å². The van der Waals surface area contributed by atoms with Crippen molar-refractivity contribution < 1.29 is 13.2 Å². The van der Waals surface area contributed by atoms with Gasteiger partial charge in [0.2, 0.25) is 0 Å². The van der Waals surface area contributed by atoms with Crippen LogP contribution in [0.1, 0.15) is 11.1 Å². The summed E-state index contributed by atoms with van der Waals surface area (Å²) in [7, 11) is 1.04. The van der Waals surface area contributed by atoms with E-state index in [9.17, 15) is 8.42 Å². The second-order valence-electron chi connectivity index (χ2n) is 4.02. The number of hydrogen-bond donors (Lipinski definition) is 1. The molecule has 1 aromatic rings. The molecule has 0 heterocycles. The van der Waals surface area contributed by atoms with Crippen molar-refractivity contribution in [1.29, 1.82) is 0 Å². The van der Waals surface area contributed by atoms with Crippen LogP contribution in [0, 0.1) is 6.92 Å². The van der Waals surface area contributed by atoms with Gasteiger partial charge >= 0.3 is 0 Å². The topological polar surface area (TPSA) is 58.6 Å². The first-order valence-corrected chi connectivity index (χ1v) is 7.10. The maximum Gasteiger partial charge on any atom is 0.279 e.